The fourth-order valence-electron chi connectivity index (χ4n) is 2.23. The first-order valence-electron chi connectivity index (χ1n) is 7.39. The van der Waals surface area contributed by atoms with Crippen LogP contribution in [0.4, 0.5) is 5.69 Å². The zero-order valence-corrected chi connectivity index (χ0v) is 13.3. The highest BCUT2D eigenvalue weighted by Crippen LogP contribution is 2.20. The third kappa shape index (κ3) is 3.40. The van der Waals surface area contributed by atoms with Crippen LogP contribution in [0.5, 0.6) is 5.75 Å². The van der Waals surface area contributed by atoms with E-state index < -0.39 is 4.92 Å². The Morgan fingerprint density at radius 2 is 1.92 bits per heavy atom. The van der Waals surface area contributed by atoms with Gasteiger partial charge in [-0.25, -0.2) is 4.68 Å². The third-order valence-corrected chi connectivity index (χ3v) is 3.60. The topological polar surface area (TPSA) is 83.1 Å². The predicted molar refractivity (Wildman–Crippen MR) is 88.3 cm³/mol. The van der Waals surface area contributed by atoms with Gasteiger partial charge in [0.15, 0.2) is 0 Å². The number of nitro benzene ring substituents is 1. The SMILES string of the molecule is Cc1ccc(OCc2cn(-c3cc([N+](=O)[O-])ccc3C)nn2)cc1. The Bertz CT molecular complexity index is 872. The Hall–Kier alpha value is -3.22. The molecule has 7 nitrogen and oxygen atoms in total. The molecule has 0 amide bonds. The van der Waals surface area contributed by atoms with Gasteiger partial charge in [-0.2, -0.15) is 0 Å². The van der Waals surface area contributed by atoms with E-state index in [0.717, 1.165) is 16.9 Å². The molecule has 3 rings (SSSR count). The number of nitrogens with zero attached hydrogens (tertiary/aromatic N) is 4. The molecular weight excluding hydrogens is 308 g/mol. The molecule has 1 aromatic heterocycles. The Labute approximate surface area is 138 Å². The molecule has 0 unspecified atom stereocenters. The van der Waals surface area contributed by atoms with E-state index >= 15 is 0 Å². The fraction of sp³-hybridized carbons (Fsp3) is 0.176. The summed E-state index contributed by atoms with van der Waals surface area (Å²) in [5.74, 6) is 0.752. The second kappa shape index (κ2) is 6.49. The van der Waals surface area contributed by atoms with Crippen molar-refractivity contribution in [3.05, 3.63) is 75.6 Å². The van der Waals surface area contributed by atoms with Crippen LogP contribution >= 0.6 is 0 Å². The number of non-ortho nitro benzene ring substituents is 1. The third-order valence-electron chi connectivity index (χ3n) is 3.60. The molecule has 0 N–H and O–H groups in total. The average Bonchev–Trinajstić information content (AvgIpc) is 3.03. The first kappa shape index (κ1) is 15.7. The monoisotopic (exact) mass is 324 g/mol. The van der Waals surface area contributed by atoms with Crippen LogP contribution in [-0.2, 0) is 6.61 Å². The van der Waals surface area contributed by atoms with E-state index in [0.29, 0.717) is 11.4 Å². The molecular formula is C17H16N4O3. The van der Waals surface area contributed by atoms with Gasteiger partial charge in [-0.1, -0.05) is 29.0 Å². The summed E-state index contributed by atoms with van der Waals surface area (Å²) in [6.45, 7) is 4.15. The van der Waals surface area contributed by atoms with E-state index in [1.807, 2.05) is 38.1 Å². The summed E-state index contributed by atoms with van der Waals surface area (Å²) >= 11 is 0. The summed E-state index contributed by atoms with van der Waals surface area (Å²) in [7, 11) is 0. The van der Waals surface area contributed by atoms with Crippen LogP contribution in [0, 0.1) is 24.0 Å². The van der Waals surface area contributed by atoms with Gasteiger partial charge < -0.3 is 4.74 Å². The fourth-order valence-corrected chi connectivity index (χ4v) is 2.23. The minimum Gasteiger partial charge on any atom is -0.487 e. The Morgan fingerprint density at radius 3 is 2.62 bits per heavy atom. The molecule has 3 aromatic rings. The average molecular weight is 324 g/mol. The molecule has 0 fully saturated rings. The standard InChI is InChI=1S/C17H16N4O3/c1-12-3-7-16(8-4-12)24-11-14-10-20(19-18-14)17-9-15(21(22)23)6-5-13(17)2/h3-10H,11H2,1-2H3. The molecule has 0 aliphatic carbocycles. The van der Waals surface area contributed by atoms with Crippen molar-refractivity contribution in [3.8, 4) is 11.4 Å². The summed E-state index contributed by atoms with van der Waals surface area (Å²) in [6.07, 6.45) is 1.71. The number of rotatable bonds is 5. The van der Waals surface area contributed by atoms with Crippen LogP contribution in [0.15, 0.2) is 48.7 Å². The Balaban J connectivity index is 1.77. The molecule has 0 aliphatic rings. The van der Waals surface area contributed by atoms with Crippen LogP contribution in [0.1, 0.15) is 16.8 Å². The second-order valence-electron chi connectivity index (χ2n) is 5.48. The number of aromatic nitrogens is 3. The van der Waals surface area contributed by atoms with Crippen LogP contribution in [0.25, 0.3) is 5.69 Å². The summed E-state index contributed by atoms with van der Waals surface area (Å²) in [5.41, 5.74) is 3.31. The van der Waals surface area contributed by atoms with E-state index in [1.54, 1.807) is 12.3 Å². The van der Waals surface area contributed by atoms with Crippen molar-refractivity contribution in [2.75, 3.05) is 0 Å². The van der Waals surface area contributed by atoms with E-state index in [-0.39, 0.29) is 12.3 Å². The van der Waals surface area contributed by atoms with Crippen molar-refractivity contribution < 1.29 is 9.66 Å². The van der Waals surface area contributed by atoms with Crippen LogP contribution in [-0.4, -0.2) is 19.9 Å². The first-order valence-corrected chi connectivity index (χ1v) is 7.39. The van der Waals surface area contributed by atoms with Crippen molar-refractivity contribution in [2.24, 2.45) is 0 Å². The van der Waals surface area contributed by atoms with Crippen molar-refractivity contribution >= 4 is 5.69 Å². The summed E-state index contributed by atoms with van der Waals surface area (Å²) in [6, 6.07) is 12.4. The maximum atomic E-state index is 10.9. The van der Waals surface area contributed by atoms with Crippen LogP contribution < -0.4 is 4.74 Å². The molecule has 2 aromatic carbocycles. The quantitative estimate of drug-likeness (QED) is 0.531. The smallest absolute Gasteiger partial charge is 0.271 e. The molecule has 122 valence electrons. The summed E-state index contributed by atoms with van der Waals surface area (Å²) in [5, 5.41) is 19.0. The van der Waals surface area contributed by atoms with E-state index in [4.69, 9.17) is 4.74 Å². The zero-order chi connectivity index (χ0) is 17.1. The van der Waals surface area contributed by atoms with Crippen molar-refractivity contribution in [1.29, 1.82) is 0 Å². The lowest BCUT2D eigenvalue weighted by molar-refractivity contribution is -0.384. The highest BCUT2D eigenvalue weighted by Gasteiger charge is 2.12. The lowest BCUT2D eigenvalue weighted by atomic mass is 10.2. The number of hydrogen-bond acceptors (Lipinski definition) is 5. The normalized spacial score (nSPS) is 10.6. The van der Waals surface area contributed by atoms with E-state index in [2.05, 4.69) is 10.3 Å². The van der Waals surface area contributed by atoms with Crippen molar-refractivity contribution in [3.63, 3.8) is 0 Å². The lowest BCUT2D eigenvalue weighted by Gasteiger charge is -2.05. The van der Waals surface area contributed by atoms with Gasteiger partial charge in [0.05, 0.1) is 16.8 Å². The van der Waals surface area contributed by atoms with Gasteiger partial charge in [-0.15, -0.1) is 5.10 Å². The molecule has 0 saturated carbocycles. The molecule has 0 atom stereocenters. The van der Waals surface area contributed by atoms with Crippen molar-refractivity contribution in [1.82, 2.24) is 15.0 Å². The molecule has 24 heavy (non-hydrogen) atoms. The zero-order valence-electron chi connectivity index (χ0n) is 13.3. The molecule has 0 spiro atoms. The first-order chi connectivity index (χ1) is 11.5. The summed E-state index contributed by atoms with van der Waals surface area (Å²) < 4.78 is 7.19. The van der Waals surface area contributed by atoms with Gasteiger partial charge in [-0.05, 0) is 31.5 Å². The number of hydrogen-bond donors (Lipinski definition) is 0. The number of benzene rings is 2. The number of ether oxygens (including phenoxy) is 1. The molecule has 0 bridgehead atoms. The van der Waals surface area contributed by atoms with Gasteiger partial charge >= 0.3 is 0 Å². The van der Waals surface area contributed by atoms with Gasteiger partial charge in [0.1, 0.15) is 18.1 Å². The molecule has 0 saturated heterocycles. The van der Waals surface area contributed by atoms with Crippen molar-refractivity contribution in [2.45, 2.75) is 20.5 Å². The maximum Gasteiger partial charge on any atom is 0.271 e. The highest BCUT2D eigenvalue weighted by atomic mass is 16.6. The van der Waals surface area contributed by atoms with Crippen LogP contribution in [0.3, 0.4) is 0 Å². The minimum absolute atomic E-state index is 0.0172. The van der Waals surface area contributed by atoms with Gasteiger partial charge in [0.2, 0.25) is 0 Å². The van der Waals surface area contributed by atoms with Crippen LogP contribution in [0.2, 0.25) is 0 Å². The number of nitro groups is 1. The molecule has 7 heteroatoms. The molecule has 0 aliphatic heterocycles. The predicted octanol–water partition coefficient (Wildman–Crippen LogP) is 3.37. The minimum atomic E-state index is -0.429. The molecule has 0 radical (unpaired) electrons. The molecule has 1 heterocycles. The van der Waals surface area contributed by atoms with E-state index in [9.17, 15) is 10.1 Å². The Morgan fingerprint density at radius 1 is 1.17 bits per heavy atom. The Kier molecular flexibility index (Phi) is 4.24. The summed E-state index contributed by atoms with van der Waals surface area (Å²) in [4.78, 5) is 10.5. The van der Waals surface area contributed by atoms with Gasteiger partial charge in [-0.3, -0.25) is 10.1 Å². The lowest BCUT2D eigenvalue weighted by Crippen LogP contribution is -1.99. The highest BCUT2D eigenvalue weighted by molar-refractivity contribution is 5.48. The largest absolute Gasteiger partial charge is 0.487 e. The number of aryl methyl sites for hydroxylation is 2. The second-order valence-corrected chi connectivity index (χ2v) is 5.48. The van der Waals surface area contributed by atoms with E-state index in [1.165, 1.54) is 16.8 Å². The maximum absolute atomic E-state index is 10.9. The van der Waals surface area contributed by atoms with Gasteiger partial charge in [0, 0.05) is 12.1 Å². The van der Waals surface area contributed by atoms with Gasteiger partial charge in [0.25, 0.3) is 5.69 Å².